The first-order chi connectivity index (χ1) is 15.8. The number of unbranched alkanes of at least 4 members (excludes halogenated alkanes) is 3. The van der Waals surface area contributed by atoms with Gasteiger partial charge in [0.15, 0.2) is 12.6 Å². The van der Waals surface area contributed by atoms with Gasteiger partial charge in [-0.05, 0) is 12.0 Å². The maximum absolute atomic E-state index is 11.1. The van der Waals surface area contributed by atoms with Crippen LogP contribution in [0, 0.1) is 0 Å². The standard InChI is InChI=1S/C26H34O6/c1-2-3-4-11-16-28-26-22(27)24(29-17-19-12-7-5-8-13-19)23-21(31-26)18-30-25(32-23)20-14-9-6-10-15-20/h5-10,12-15,21-27H,2-4,11,16-18H2,1H3/t21-,22+,23-,24-,25?,26-/m1/s1. The van der Waals surface area contributed by atoms with Gasteiger partial charge in [-0.15, -0.1) is 0 Å². The normalized spacial score (nSPS) is 30.1. The Morgan fingerprint density at radius 2 is 1.66 bits per heavy atom. The third kappa shape index (κ3) is 5.95. The van der Waals surface area contributed by atoms with Gasteiger partial charge in [0.05, 0.1) is 13.2 Å². The van der Waals surface area contributed by atoms with Gasteiger partial charge in [-0.1, -0.05) is 86.8 Å². The lowest BCUT2D eigenvalue weighted by Gasteiger charge is -2.47. The number of benzene rings is 2. The average Bonchev–Trinajstić information content (AvgIpc) is 2.84. The minimum atomic E-state index is -0.958. The Labute approximate surface area is 190 Å². The van der Waals surface area contributed by atoms with E-state index in [0.29, 0.717) is 19.8 Å². The van der Waals surface area contributed by atoms with Gasteiger partial charge in [0.1, 0.15) is 24.4 Å². The lowest BCUT2D eigenvalue weighted by molar-refractivity contribution is -0.367. The van der Waals surface area contributed by atoms with Gasteiger partial charge >= 0.3 is 0 Å². The van der Waals surface area contributed by atoms with Crippen LogP contribution >= 0.6 is 0 Å². The fraction of sp³-hybridized carbons (Fsp3) is 0.538. The Kier molecular flexibility index (Phi) is 8.68. The first-order valence-corrected chi connectivity index (χ1v) is 11.7. The highest BCUT2D eigenvalue weighted by Gasteiger charge is 2.50. The van der Waals surface area contributed by atoms with E-state index in [1.54, 1.807) is 0 Å². The number of ether oxygens (including phenoxy) is 5. The Morgan fingerprint density at radius 3 is 2.41 bits per heavy atom. The molecule has 0 saturated carbocycles. The first kappa shape index (κ1) is 23.4. The molecule has 2 saturated heterocycles. The van der Waals surface area contributed by atoms with Gasteiger partial charge in [0.2, 0.25) is 0 Å². The fourth-order valence-electron chi connectivity index (χ4n) is 4.17. The molecule has 2 fully saturated rings. The van der Waals surface area contributed by atoms with E-state index >= 15 is 0 Å². The molecule has 0 bridgehead atoms. The lowest BCUT2D eigenvalue weighted by Crippen LogP contribution is -2.63. The second kappa shape index (κ2) is 11.9. The van der Waals surface area contributed by atoms with Crippen LogP contribution in [-0.2, 0) is 30.3 Å². The Balaban J connectivity index is 1.44. The molecule has 174 valence electrons. The second-order valence-electron chi connectivity index (χ2n) is 8.40. The van der Waals surface area contributed by atoms with E-state index in [-0.39, 0.29) is 6.10 Å². The molecular weight excluding hydrogens is 408 g/mol. The van der Waals surface area contributed by atoms with Crippen LogP contribution in [0.2, 0.25) is 0 Å². The molecule has 6 atom stereocenters. The average molecular weight is 443 g/mol. The SMILES string of the molecule is CCCCCCO[C@@H]1O[C@@H]2COC(c3ccccc3)O[C@H]2[C@H](OCc2ccccc2)[C@@H]1O. The topological polar surface area (TPSA) is 66.4 Å². The second-order valence-corrected chi connectivity index (χ2v) is 8.40. The third-order valence-electron chi connectivity index (χ3n) is 5.94. The summed E-state index contributed by atoms with van der Waals surface area (Å²) in [7, 11) is 0. The maximum atomic E-state index is 11.1. The van der Waals surface area contributed by atoms with E-state index in [1.807, 2.05) is 60.7 Å². The highest BCUT2D eigenvalue weighted by atomic mass is 16.8. The summed E-state index contributed by atoms with van der Waals surface area (Å²) in [6, 6.07) is 19.7. The van der Waals surface area contributed by atoms with E-state index in [9.17, 15) is 5.11 Å². The number of rotatable bonds is 10. The molecule has 6 nitrogen and oxygen atoms in total. The van der Waals surface area contributed by atoms with Crippen molar-refractivity contribution in [3.05, 3.63) is 71.8 Å². The van der Waals surface area contributed by atoms with Crippen molar-refractivity contribution in [3.63, 3.8) is 0 Å². The van der Waals surface area contributed by atoms with E-state index in [2.05, 4.69) is 6.92 Å². The summed E-state index contributed by atoms with van der Waals surface area (Å²) in [6.07, 6.45) is 0.698. The van der Waals surface area contributed by atoms with Gasteiger partial charge in [-0.2, -0.15) is 0 Å². The molecule has 4 rings (SSSR count). The Bertz CT molecular complexity index is 785. The number of aliphatic hydroxyl groups excluding tert-OH is 1. The molecule has 2 aliphatic rings. The molecule has 1 N–H and O–H groups in total. The predicted octanol–water partition coefficient (Wildman–Crippen LogP) is 4.37. The third-order valence-corrected chi connectivity index (χ3v) is 5.94. The largest absolute Gasteiger partial charge is 0.385 e. The molecule has 0 radical (unpaired) electrons. The summed E-state index contributed by atoms with van der Waals surface area (Å²) >= 11 is 0. The minimum Gasteiger partial charge on any atom is -0.385 e. The monoisotopic (exact) mass is 442 g/mol. The summed E-state index contributed by atoms with van der Waals surface area (Å²) in [5.41, 5.74) is 1.96. The van der Waals surface area contributed by atoms with Crippen LogP contribution in [0.5, 0.6) is 0 Å². The van der Waals surface area contributed by atoms with Gasteiger partial charge in [0.25, 0.3) is 0 Å². The molecule has 1 unspecified atom stereocenters. The summed E-state index contributed by atoms with van der Waals surface area (Å²) in [6.45, 7) is 3.43. The van der Waals surface area contributed by atoms with Crippen LogP contribution in [0.1, 0.15) is 50.0 Å². The molecule has 0 spiro atoms. The van der Waals surface area contributed by atoms with Gasteiger partial charge in [0, 0.05) is 12.2 Å². The molecule has 2 aliphatic heterocycles. The molecule has 0 amide bonds. The minimum absolute atomic E-state index is 0.345. The summed E-state index contributed by atoms with van der Waals surface area (Å²) < 4.78 is 30.4. The number of aliphatic hydroxyl groups is 1. The number of hydrogen-bond donors (Lipinski definition) is 1. The van der Waals surface area contributed by atoms with Crippen molar-refractivity contribution in [2.75, 3.05) is 13.2 Å². The highest BCUT2D eigenvalue weighted by molar-refractivity contribution is 5.17. The quantitative estimate of drug-likeness (QED) is 0.551. The van der Waals surface area contributed by atoms with Crippen LogP contribution in [0.4, 0.5) is 0 Å². The smallest absolute Gasteiger partial charge is 0.186 e. The van der Waals surface area contributed by atoms with Crippen molar-refractivity contribution >= 4 is 0 Å². The maximum Gasteiger partial charge on any atom is 0.186 e. The number of hydrogen-bond acceptors (Lipinski definition) is 6. The Hall–Kier alpha value is -1.80. The molecule has 0 aliphatic carbocycles. The van der Waals surface area contributed by atoms with E-state index in [1.165, 1.54) is 12.8 Å². The summed E-state index contributed by atoms with van der Waals surface area (Å²) in [5, 5.41) is 11.1. The molecule has 2 aromatic rings. The van der Waals surface area contributed by atoms with Gasteiger partial charge in [-0.25, -0.2) is 0 Å². The molecule has 2 heterocycles. The zero-order chi connectivity index (χ0) is 22.2. The van der Waals surface area contributed by atoms with Crippen LogP contribution in [0.15, 0.2) is 60.7 Å². The fourth-order valence-corrected chi connectivity index (χ4v) is 4.17. The van der Waals surface area contributed by atoms with Crippen LogP contribution < -0.4 is 0 Å². The van der Waals surface area contributed by atoms with Crippen LogP contribution in [-0.4, -0.2) is 49.0 Å². The van der Waals surface area contributed by atoms with Gasteiger partial charge in [-0.3, -0.25) is 0 Å². The van der Waals surface area contributed by atoms with Crippen molar-refractivity contribution in [2.24, 2.45) is 0 Å². The highest BCUT2D eigenvalue weighted by Crippen LogP contribution is 2.36. The zero-order valence-corrected chi connectivity index (χ0v) is 18.7. The van der Waals surface area contributed by atoms with Gasteiger partial charge < -0.3 is 28.8 Å². The van der Waals surface area contributed by atoms with Crippen molar-refractivity contribution < 1.29 is 28.8 Å². The molecule has 32 heavy (non-hydrogen) atoms. The first-order valence-electron chi connectivity index (χ1n) is 11.7. The Morgan fingerprint density at radius 1 is 0.906 bits per heavy atom. The van der Waals surface area contributed by atoms with Crippen molar-refractivity contribution in [1.29, 1.82) is 0 Å². The summed E-state index contributed by atoms with van der Waals surface area (Å²) in [5.74, 6) is 0. The number of fused-ring (bicyclic) bond motifs is 1. The van der Waals surface area contributed by atoms with E-state index in [0.717, 1.165) is 24.0 Å². The molecule has 6 heteroatoms. The lowest BCUT2D eigenvalue weighted by atomic mass is 9.97. The summed E-state index contributed by atoms with van der Waals surface area (Å²) in [4.78, 5) is 0. The van der Waals surface area contributed by atoms with E-state index in [4.69, 9.17) is 23.7 Å². The predicted molar refractivity (Wildman–Crippen MR) is 120 cm³/mol. The van der Waals surface area contributed by atoms with Crippen molar-refractivity contribution in [2.45, 2.75) is 76.2 Å². The molecular formula is C26H34O6. The molecule has 0 aromatic heterocycles. The van der Waals surface area contributed by atoms with Crippen molar-refractivity contribution in [1.82, 2.24) is 0 Å². The zero-order valence-electron chi connectivity index (χ0n) is 18.7. The van der Waals surface area contributed by atoms with Crippen molar-refractivity contribution in [3.8, 4) is 0 Å². The van der Waals surface area contributed by atoms with Crippen LogP contribution in [0.25, 0.3) is 0 Å². The van der Waals surface area contributed by atoms with E-state index < -0.39 is 30.9 Å². The molecule has 2 aromatic carbocycles. The van der Waals surface area contributed by atoms with Crippen LogP contribution in [0.3, 0.4) is 0 Å².